The molecule has 1 aliphatic carbocycles. The van der Waals surface area contributed by atoms with Crippen LogP contribution in [-0.2, 0) is 4.79 Å². The molecule has 1 aliphatic rings. The van der Waals surface area contributed by atoms with Crippen LogP contribution in [0.3, 0.4) is 0 Å². The minimum absolute atomic E-state index is 0.0339. The Balaban J connectivity index is 1.95. The number of hydrogen-bond donors (Lipinski definition) is 1. The molecule has 1 aromatic carbocycles. The average molecular weight is 408 g/mol. The Hall–Kier alpha value is -1.53. The van der Waals surface area contributed by atoms with E-state index in [0.717, 1.165) is 32.1 Å². The Kier molecular flexibility index (Phi) is 6.82. The molecule has 5 nitrogen and oxygen atoms in total. The number of amides is 1. The van der Waals surface area contributed by atoms with Crippen molar-refractivity contribution in [2.24, 2.45) is 0 Å². The van der Waals surface area contributed by atoms with Gasteiger partial charge in [-0.1, -0.05) is 49.5 Å². The van der Waals surface area contributed by atoms with E-state index in [0.29, 0.717) is 21.1 Å². The highest BCUT2D eigenvalue weighted by molar-refractivity contribution is 7.99. The van der Waals surface area contributed by atoms with Crippen molar-refractivity contribution in [2.75, 3.05) is 5.75 Å². The van der Waals surface area contributed by atoms with Crippen LogP contribution in [0.15, 0.2) is 28.2 Å². The van der Waals surface area contributed by atoms with Gasteiger partial charge in [0.2, 0.25) is 5.91 Å². The summed E-state index contributed by atoms with van der Waals surface area (Å²) >= 11 is 7.43. The van der Waals surface area contributed by atoms with Gasteiger partial charge in [0.15, 0.2) is 5.16 Å². The van der Waals surface area contributed by atoms with Gasteiger partial charge in [-0.25, -0.2) is 4.98 Å². The summed E-state index contributed by atoms with van der Waals surface area (Å²) in [6.45, 7) is 4.02. The zero-order valence-electron chi connectivity index (χ0n) is 15.8. The van der Waals surface area contributed by atoms with E-state index in [2.05, 4.69) is 5.32 Å². The molecule has 1 unspecified atom stereocenters. The molecule has 0 aliphatic heterocycles. The minimum Gasteiger partial charge on any atom is -0.353 e. The van der Waals surface area contributed by atoms with Crippen molar-refractivity contribution < 1.29 is 4.79 Å². The number of carbonyl (C=O) groups excluding carboxylic acids is 1. The van der Waals surface area contributed by atoms with Gasteiger partial charge in [-0.2, -0.15) is 0 Å². The lowest BCUT2D eigenvalue weighted by Gasteiger charge is -2.26. The monoisotopic (exact) mass is 407 g/mol. The lowest BCUT2D eigenvalue weighted by Crippen LogP contribution is -2.34. The number of carbonyl (C=O) groups is 1. The normalized spacial score (nSPS) is 16.4. The van der Waals surface area contributed by atoms with E-state index in [9.17, 15) is 9.59 Å². The Morgan fingerprint density at radius 3 is 2.81 bits per heavy atom. The largest absolute Gasteiger partial charge is 0.353 e. The van der Waals surface area contributed by atoms with Crippen LogP contribution in [0.1, 0.15) is 58.4 Å². The highest BCUT2D eigenvalue weighted by Gasteiger charge is 2.22. The highest BCUT2D eigenvalue weighted by Crippen LogP contribution is 2.31. The Morgan fingerprint density at radius 1 is 1.37 bits per heavy atom. The first-order chi connectivity index (χ1) is 13.0. The molecule has 0 radical (unpaired) electrons. The zero-order valence-corrected chi connectivity index (χ0v) is 17.4. The molecule has 1 fully saturated rings. The number of hydrogen-bond acceptors (Lipinski definition) is 4. The number of halogens is 1. The molecule has 7 heteroatoms. The lowest BCUT2D eigenvalue weighted by atomic mass is 9.95. The fourth-order valence-electron chi connectivity index (χ4n) is 3.46. The van der Waals surface area contributed by atoms with Crippen molar-refractivity contribution in [2.45, 2.75) is 69.6 Å². The molecule has 2 aromatic rings. The number of aromatic nitrogens is 2. The molecule has 1 aromatic heterocycles. The van der Waals surface area contributed by atoms with Gasteiger partial charge in [0, 0.05) is 17.1 Å². The molecular weight excluding hydrogens is 382 g/mol. The maximum atomic E-state index is 13.2. The van der Waals surface area contributed by atoms with E-state index in [1.807, 2.05) is 18.4 Å². The first-order valence-electron chi connectivity index (χ1n) is 9.63. The fourth-order valence-corrected chi connectivity index (χ4v) is 4.51. The van der Waals surface area contributed by atoms with E-state index >= 15 is 0 Å². The number of rotatable bonds is 6. The molecule has 3 rings (SSSR count). The van der Waals surface area contributed by atoms with E-state index < -0.39 is 0 Å². The summed E-state index contributed by atoms with van der Waals surface area (Å²) in [6.07, 6.45) is 6.29. The fraction of sp³-hybridized carbons (Fsp3) is 0.550. The van der Waals surface area contributed by atoms with Gasteiger partial charge in [-0.15, -0.1) is 0 Å². The summed E-state index contributed by atoms with van der Waals surface area (Å²) in [5.74, 6) is 0.209. The second-order valence-electron chi connectivity index (χ2n) is 7.19. The Labute approximate surface area is 168 Å². The topological polar surface area (TPSA) is 64.0 Å². The number of nitrogens with one attached hydrogen (secondary N) is 1. The summed E-state index contributed by atoms with van der Waals surface area (Å²) in [5.41, 5.74) is 0.554. The first-order valence-corrected chi connectivity index (χ1v) is 11.0. The van der Waals surface area contributed by atoms with Crippen molar-refractivity contribution >= 4 is 40.2 Å². The number of nitrogens with zero attached hydrogens (tertiary/aromatic N) is 2. The third-order valence-corrected chi connectivity index (χ3v) is 6.31. The smallest absolute Gasteiger partial charge is 0.262 e. The van der Waals surface area contributed by atoms with Crippen molar-refractivity contribution in [3.63, 3.8) is 0 Å². The lowest BCUT2D eigenvalue weighted by molar-refractivity contribution is -0.119. The standard InChI is InChI=1S/C20H26ClN3O2S/c1-3-13(2)22-18(25)12-27-20-23-17-11-14(21)9-10-16(17)19(26)24(20)15-7-5-4-6-8-15/h9-11,13,15H,3-8,12H2,1-2H3,(H,22,25). The molecular formula is C20H26ClN3O2S. The molecule has 1 saturated carbocycles. The molecule has 1 atom stereocenters. The Bertz CT molecular complexity index is 877. The molecule has 0 spiro atoms. The van der Waals surface area contributed by atoms with Gasteiger partial charge in [0.25, 0.3) is 5.56 Å². The second kappa shape index (κ2) is 9.11. The maximum absolute atomic E-state index is 13.2. The zero-order chi connectivity index (χ0) is 19.4. The predicted octanol–water partition coefficient (Wildman–Crippen LogP) is 4.56. The van der Waals surface area contributed by atoms with Crippen LogP contribution >= 0.6 is 23.4 Å². The number of fused-ring (bicyclic) bond motifs is 1. The summed E-state index contributed by atoms with van der Waals surface area (Å²) < 4.78 is 1.82. The third kappa shape index (κ3) is 4.85. The van der Waals surface area contributed by atoms with E-state index in [-0.39, 0.29) is 29.3 Å². The van der Waals surface area contributed by atoms with Crippen molar-refractivity contribution in [3.05, 3.63) is 33.6 Å². The maximum Gasteiger partial charge on any atom is 0.262 e. The van der Waals surface area contributed by atoms with Gasteiger partial charge in [0.1, 0.15) is 0 Å². The summed E-state index contributed by atoms with van der Waals surface area (Å²) in [5, 5.41) is 4.71. The number of thioether (sulfide) groups is 1. The third-order valence-electron chi connectivity index (χ3n) is 5.12. The SMILES string of the molecule is CCC(C)NC(=O)CSc1nc2cc(Cl)ccc2c(=O)n1C1CCCCC1. The predicted molar refractivity (Wildman–Crippen MR) is 112 cm³/mol. The molecule has 0 saturated heterocycles. The summed E-state index contributed by atoms with van der Waals surface area (Å²) in [7, 11) is 0. The number of benzene rings is 1. The van der Waals surface area contributed by atoms with Crippen molar-refractivity contribution in [1.29, 1.82) is 0 Å². The minimum atomic E-state index is -0.0371. The van der Waals surface area contributed by atoms with E-state index in [1.165, 1.54) is 18.2 Å². The van der Waals surface area contributed by atoms with E-state index in [1.54, 1.807) is 18.2 Å². The Morgan fingerprint density at radius 2 is 2.11 bits per heavy atom. The van der Waals surface area contributed by atoms with Crippen LogP contribution in [0.4, 0.5) is 0 Å². The van der Waals surface area contributed by atoms with Gasteiger partial charge in [-0.3, -0.25) is 14.2 Å². The second-order valence-corrected chi connectivity index (χ2v) is 8.57. The van der Waals surface area contributed by atoms with Crippen molar-refractivity contribution in [3.8, 4) is 0 Å². The highest BCUT2D eigenvalue weighted by atomic mass is 35.5. The average Bonchev–Trinajstić information content (AvgIpc) is 2.66. The molecule has 146 valence electrons. The molecule has 1 N–H and O–H groups in total. The van der Waals surface area contributed by atoms with Crippen molar-refractivity contribution in [1.82, 2.24) is 14.9 Å². The molecule has 1 heterocycles. The van der Waals surface area contributed by atoms with Crippen LogP contribution in [-0.4, -0.2) is 27.3 Å². The first kappa shape index (κ1) is 20.2. The van der Waals surface area contributed by atoms with Crippen LogP contribution < -0.4 is 10.9 Å². The van der Waals surface area contributed by atoms with Crippen LogP contribution in [0.2, 0.25) is 5.02 Å². The van der Waals surface area contributed by atoms with Gasteiger partial charge < -0.3 is 5.32 Å². The van der Waals surface area contributed by atoms with E-state index in [4.69, 9.17) is 16.6 Å². The van der Waals surface area contributed by atoms with Gasteiger partial charge in [0.05, 0.1) is 16.7 Å². The van der Waals surface area contributed by atoms with Crippen LogP contribution in [0.25, 0.3) is 10.9 Å². The van der Waals surface area contributed by atoms with Gasteiger partial charge in [-0.05, 0) is 44.4 Å². The molecule has 27 heavy (non-hydrogen) atoms. The summed E-state index contributed by atoms with van der Waals surface area (Å²) in [4.78, 5) is 30.1. The molecule has 0 bridgehead atoms. The molecule has 1 amide bonds. The van der Waals surface area contributed by atoms with Crippen LogP contribution in [0.5, 0.6) is 0 Å². The quantitative estimate of drug-likeness (QED) is 0.563. The van der Waals surface area contributed by atoms with Crippen LogP contribution in [0, 0.1) is 0 Å². The summed E-state index contributed by atoms with van der Waals surface area (Å²) in [6, 6.07) is 5.48. The van der Waals surface area contributed by atoms with Gasteiger partial charge >= 0.3 is 0 Å².